The van der Waals surface area contributed by atoms with Gasteiger partial charge in [0.05, 0.1) is 0 Å². The summed E-state index contributed by atoms with van der Waals surface area (Å²) in [5.41, 5.74) is 0. The Hall–Kier alpha value is -0.160. The predicted molar refractivity (Wildman–Crippen MR) is 67.0 cm³/mol. The first-order valence-electron chi connectivity index (χ1n) is 4.91. The van der Waals surface area contributed by atoms with Gasteiger partial charge >= 0.3 is 0 Å². The van der Waals surface area contributed by atoms with Crippen molar-refractivity contribution in [2.75, 3.05) is 19.3 Å². The van der Waals surface area contributed by atoms with E-state index in [0.29, 0.717) is 11.7 Å². The van der Waals surface area contributed by atoms with Gasteiger partial charge in [0.1, 0.15) is 0 Å². The van der Waals surface area contributed by atoms with Crippen molar-refractivity contribution >= 4 is 28.1 Å². The van der Waals surface area contributed by atoms with Crippen LogP contribution in [0.1, 0.15) is 26.7 Å². The fourth-order valence-electron chi connectivity index (χ4n) is 0.795. The monoisotopic (exact) mass is 236 g/mol. The topological polar surface area (TPSA) is 41.1 Å². The SMILES string of the molecule is CCCCNC(=S)NCC(C)S(C)=O. The zero-order chi connectivity index (χ0) is 11.0. The molecule has 0 heterocycles. The number of nitrogens with one attached hydrogen (secondary N) is 2. The second kappa shape index (κ2) is 8.17. The molecule has 0 rings (SSSR count). The molecule has 2 unspecified atom stereocenters. The molecular weight excluding hydrogens is 216 g/mol. The number of thiocarbonyl (C=S) groups is 1. The highest BCUT2D eigenvalue weighted by atomic mass is 32.2. The van der Waals surface area contributed by atoms with Gasteiger partial charge in [-0.3, -0.25) is 4.21 Å². The van der Waals surface area contributed by atoms with Crippen molar-refractivity contribution in [1.29, 1.82) is 0 Å². The van der Waals surface area contributed by atoms with E-state index in [-0.39, 0.29) is 5.25 Å². The Morgan fingerprint density at radius 2 is 2.14 bits per heavy atom. The van der Waals surface area contributed by atoms with E-state index in [1.54, 1.807) is 6.26 Å². The van der Waals surface area contributed by atoms with Crippen LogP contribution in [0.25, 0.3) is 0 Å². The van der Waals surface area contributed by atoms with E-state index in [2.05, 4.69) is 17.6 Å². The third-order valence-corrected chi connectivity index (χ3v) is 3.52. The molecule has 0 amide bonds. The minimum atomic E-state index is -0.784. The van der Waals surface area contributed by atoms with Crippen LogP contribution in [0.4, 0.5) is 0 Å². The Kier molecular flexibility index (Phi) is 8.08. The molecule has 0 spiro atoms. The van der Waals surface area contributed by atoms with E-state index in [1.165, 1.54) is 0 Å². The predicted octanol–water partition coefficient (Wildman–Crippen LogP) is 1.02. The standard InChI is InChI=1S/C9H20N2OS2/c1-4-5-6-10-9(13)11-7-8(2)14(3)12/h8H,4-7H2,1-3H3,(H2,10,11,13). The van der Waals surface area contributed by atoms with Gasteiger partial charge in [-0.15, -0.1) is 0 Å². The lowest BCUT2D eigenvalue weighted by atomic mass is 10.3. The van der Waals surface area contributed by atoms with E-state index >= 15 is 0 Å². The van der Waals surface area contributed by atoms with Crippen LogP contribution in [-0.2, 0) is 10.8 Å². The third kappa shape index (κ3) is 7.26. The summed E-state index contributed by atoms with van der Waals surface area (Å²) < 4.78 is 11.0. The zero-order valence-electron chi connectivity index (χ0n) is 9.13. The molecule has 0 radical (unpaired) electrons. The number of unbranched alkanes of at least 4 members (excludes halogenated alkanes) is 1. The maximum absolute atomic E-state index is 11.0. The highest BCUT2D eigenvalue weighted by Gasteiger charge is 2.05. The fraction of sp³-hybridized carbons (Fsp3) is 0.889. The van der Waals surface area contributed by atoms with Gasteiger partial charge in [0.15, 0.2) is 5.11 Å². The average Bonchev–Trinajstić information content (AvgIpc) is 2.14. The minimum absolute atomic E-state index is 0.140. The highest BCUT2D eigenvalue weighted by molar-refractivity contribution is 7.84. The first-order chi connectivity index (χ1) is 6.57. The lowest BCUT2D eigenvalue weighted by molar-refractivity contribution is 0.672. The summed E-state index contributed by atoms with van der Waals surface area (Å²) in [5, 5.41) is 6.95. The number of hydrogen-bond acceptors (Lipinski definition) is 2. The maximum Gasteiger partial charge on any atom is 0.166 e. The molecule has 0 fully saturated rings. The lowest BCUT2D eigenvalue weighted by Crippen LogP contribution is -2.40. The van der Waals surface area contributed by atoms with Crippen molar-refractivity contribution in [3.05, 3.63) is 0 Å². The molecule has 3 nitrogen and oxygen atoms in total. The van der Waals surface area contributed by atoms with Crippen LogP contribution in [-0.4, -0.2) is 33.9 Å². The van der Waals surface area contributed by atoms with Gasteiger partial charge in [0, 0.05) is 35.4 Å². The molecule has 5 heteroatoms. The van der Waals surface area contributed by atoms with Gasteiger partial charge in [-0.1, -0.05) is 13.3 Å². The normalized spacial score (nSPS) is 14.5. The van der Waals surface area contributed by atoms with Crippen molar-refractivity contribution in [1.82, 2.24) is 10.6 Å². The van der Waals surface area contributed by atoms with Crippen LogP contribution in [0, 0.1) is 0 Å². The van der Waals surface area contributed by atoms with E-state index in [1.807, 2.05) is 6.92 Å². The van der Waals surface area contributed by atoms with Crippen LogP contribution in [0.2, 0.25) is 0 Å². The van der Waals surface area contributed by atoms with E-state index in [9.17, 15) is 4.21 Å². The zero-order valence-corrected chi connectivity index (χ0v) is 10.8. The van der Waals surface area contributed by atoms with Gasteiger partial charge in [0.2, 0.25) is 0 Å². The van der Waals surface area contributed by atoms with Crippen LogP contribution < -0.4 is 10.6 Å². The second-order valence-corrected chi connectivity index (χ2v) is 5.51. The molecular formula is C9H20N2OS2. The smallest absolute Gasteiger partial charge is 0.166 e. The Morgan fingerprint density at radius 1 is 1.50 bits per heavy atom. The van der Waals surface area contributed by atoms with Crippen molar-refractivity contribution in [2.24, 2.45) is 0 Å². The lowest BCUT2D eigenvalue weighted by Gasteiger charge is -2.13. The molecule has 0 aliphatic carbocycles. The van der Waals surface area contributed by atoms with Crippen LogP contribution in [0.5, 0.6) is 0 Å². The summed E-state index contributed by atoms with van der Waals surface area (Å²) >= 11 is 5.05. The van der Waals surface area contributed by atoms with Crippen LogP contribution >= 0.6 is 12.2 Å². The summed E-state index contributed by atoms with van der Waals surface area (Å²) in [7, 11) is -0.784. The summed E-state index contributed by atoms with van der Waals surface area (Å²) in [6.45, 7) is 5.66. The Morgan fingerprint density at radius 3 is 2.64 bits per heavy atom. The van der Waals surface area contributed by atoms with Gasteiger partial charge in [0.25, 0.3) is 0 Å². The summed E-state index contributed by atoms with van der Waals surface area (Å²) in [6.07, 6.45) is 3.99. The summed E-state index contributed by atoms with van der Waals surface area (Å²) in [5.74, 6) is 0. The molecule has 0 saturated carbocycles. The molecule has 2 atom stereocenters. The third-order valence-electron chi connectivity index (χ3n) is 1.93. The molecule has 84 valence electrons. The Balaban J connectivity index is 3.48. The second-order valence-electron chi connectivity index (χ2n) is 3.30. The molecule has 0 aliphatic heterocycles. The number of hydrogen-bond donors (Lipinski definition) is 2. The van der Waals surface area contributed by atoms with Crippen LogP contribution in [0.15, 0.2) is 0 Å². The molecule has 0 aliphatic rings. The number of rotatable bonds is 6. The van der Waals surface area contributed by atoms with Crippen LogP contribution in [0.3, 0.4) is 0 Å². The average molecular weight is 236 g/mol. The quantitative estimate of drug-likeness (QED) is 0.534. The molecule has 2 N–H and O–H groups in total. The van der Waals surface area contributed by atoms with Crippen molar-refractivity contribution < 1.29 is 4.21 Å². The largest absolute Gasteiger partial charge is 0.363 e. The first-order valence-corrected chi connectivity index (χ1v) is 6.94. The van der Waals surface area contributed by atoms with Gasteiger partial charge in [-0.25, -0.2) is 0 Å². The van der Waals surface area contributed by atoms with E-state index < -0.39 is 10.8 Å². The molecule has 0 saturated heterocycles. The van der Waals surface area contributed by atoms with Gasteiger partial charge in [-0.2, -0.15) is 0 Å². The van der Waals surface area contributed by atoms with Crippen molar-refractivity contribution in [3.63, 3.8) is 0 Å². The summed E-state index contributed by atoms with van der Waals surface area (Å²) in [6, 6.07) is 0. The molecule has 0 aromatic rings. The van der Waals surface area contributed by atoms with E-state index in [0.717, 1.165) is 19.4 Å². The van der Waals surface area contributed by atoms with Gasteiger partial charge in [-0.05, 0) is 25.6 Å². The Bertz CT molecular complexity index is 197. The van der Waals surface area contributed by atoms with Crippen molar-refractivity contribution in [2.45, 2.75) is 31.9 Å². The molecule has 0 aromatic heterocycles. The minimum Gasteiger partial charge on any atom is -0.363 e. The molecule has 14 heavy (non-hydrogen) atoms. The van der Waals surface area contributed by atoms with E-state index in [4.69, 9.17) is 12.2 Å². The maximum atomic E-state index is 11.0. The van der Waals surface area contributed by atoms with Crippen molar-refractivity contribution in [3.8, 4) is 0 Å². The summed E-state index contributed by atoms with van der Waals surface area (Å²) in [4.78, 5) is 0. The molecule has 0 bridgehead atoms. The van der Waals surface area contributed by atoms with Gasteiger partial charge < -0.3 is 10.6 Å². The molecule has 0 aromatic carbocycles. The highest BCUT2D eigenvalue weighted by Crippen LogP contribution is 1.89. The fourth-order valence-corrected chi connectivity index (χ4v) is 1.30. The first kappa shape index (κ1) is 13.8. The Labute approximate surface area is 94.5 Å².